The van der Waals surface area contributed by atoms with Gasteiger partial charge in [0, 0.05) is 68.1 Å². The number of halogens is 1. The van der Waals surface area contributed by atoms with Gasteiger partial charge in [-0.05, 0) is 26.3 Å². The average molecular weight is 409 g/mol. The number of imidazole rings is 1. The number of nitrogens with zero attached hydrogens (tertiary/aromatic N) is 5. The molecule has 30 heavy (non-hydrogen) atoms. The molecule has 1 saturated heterocycles. The van der Waals surface area contributed by atoms with Crippen LogP contribution in [0.5, 0.6) is 0 Å². The standard InChI is InChI=1S/C21H24FN7O/c1-13-10-27(8-6-23-13)18-3-5-24-20-15(18)4-7-29(20)21(30)26-17-12-28-11-14(2)25-19(28)9-16(17)22/h3,5,9,11-13,23H,4,6-8,10H2,1-2H3,(H,26,30)/t13-/m0/s1. The lowest BCUT2D eigenvalue weighted by Gasteiger charge is -2.34. The summed E-state index contributed by atoms with van der Waals surface area (Å²) in [6.45, 7) is 7.28. The number of urea groups is 1. The van der Waals surface area contributed by atoms with Crippen LogP contribution in [-0.4, -0.2) is 52.6 Å². The van der Waals surface area contributed by atoms with Crippen LogP contribution in [0.3, 0.4) is 0 Å². The molecule has 8 nitrogen and oxygen atoms in total. The maximum absolute atomic E-state index is 14.5. The van der Waals surface area contributed by atoms with Gasteiger partial charge in [-0.2, -0.15) is 0 Å². The van der Waals surface area contributed by atoms with Gasteiger partial charge in [0.1, 0.15) is 11.5 Å². The molecule has 0 aromatic carbocycles. The summed E-state index contributed by atoms with van der Waals surface area (Å²) in [5.41, 5.74) is 3.61. The number of rotatable bonds is 2. The Morgan fingerprint density at radius 3 is 3.03 bits per heavy atom. The second-order valence-electron chi connectivity index (χ2n) is 7.95. The Morgan fingerprint density at radius 1 is 1.33 bits per heavy atom. The Bertz CT molecular complexity index is 1130. The number of anilines is 3. The van der Waals surface area contributed by atoms with Gasteiger partial charge in [-0.1, -0.05) is 0 Å². The van der Waals surface area contributed by atoms with E-state index in [0.29, 0.717) is 24.1 Å². The number of piperazine rings is 1. The highest BCUT2D eigenvalue weighted by atomic mass is 19.1. The average Bonchev–Trinajstić information content (AvgIpc) is 3.30. The zero-order valence-electron chi connectivity index (χ0n) is 17.0. The fraction of sp³-hybridized carbons (Fsp3) is 0.381. The first-order chi connectivity index (χ1) is 14.5. The van der Waals surface area contributed by atoms with Crippen LogP contribution in [0.4, 0.5) is 26.4 Å². The van der Waals surface area contributed by atoms with Crippen molar-refractivity contribution in [1.82, 2.24) is 19.7 Å². The summed E-state index contributed by atoms with van der Waals surface area (Å²) in [6, 6.07) is 3.37. The van der Waals surface area contributed by atoms with Crippen molar-refractivity contribution in [2.24, 2.45) is 0 Å². The van der Waals surface area contributed by atoms with Crippen LogP contribution in [0.2, 0.25) is 0 Å². The van der Waals surface area contributed by atoms with Crippen molar-refractivity contribution in [3.63, 3.8) is 0 Å². The zero-order valence-corrected chi connectivity index (χ0v) is 17.0. The summed E-state index contributed by atoms with van der Waals surface area (Å²) < 4.78 is 16.2. The molecule has 156 valence electrons. The molecule has 5 heterocycles. The van der Waals surface area contributed by atoms with Crippen molar-refractivity contribution in [2.75, 3.05) is 41.3 Å². The van der Waals surface area contributed by atoms with Crippen molar-refractivity contribution in [1.29, 1.82) is 0 Å². The number of amides is 2. The number of nitrogens with one attached hydrogen (secondary N) is 2. The fourth-order valence-corrected chi connectivity index (χ4v) is 4.33. The molecule has 0 unspecified atom stereocenters. The first kappa shape index (κ1) is 18.8. The maximum Gasteiger partial charge on any atom is 0.327 e. The van der Waals surface area contributed by atoms with Crippen molar-refractivity contribution in [3.05, 3.63) is 47.8 Å². The van der Waals surface area contributed by atoms with Crippen LogP contribution in [-0.2, 0) is 6.42 Å². The van der Waals surface area contributed by atoms with Crippen LogP contribution >= 0.6 is 0 Å². The minimum atomic E-state index is -0.516. The van der Waals surface area contributed by atoms with Gasteiger partial charge in [-0.25, -0.2) is 19.2 Å². The van der Waals surface area contributed by atoms with E-state index in [2.05, 4.69) is 32.4 Å². The minimum absolute atomic E-state index is 0.116. The van der Waals surface area contributed by atoms with Gasteiger partial charge in [0.05, 0.1) is 11.4 Å². The highest BCUT2D eigenvalue weighted by Crippen LogP contribution is 2.34. The molecule has 5 rings (SSSR count). The Hall–Kier alpha value is -3.20. The lowest BCUT2D eigenvalue weighted by molar-refractivity contribution is 0.257. The van der Waals surface area contributed by atoms with Crippen LogP contribution in [0.1, 0.15) is 18.2 Å². The number of hydrogen-bond acceptors (Lipinski definition) is 5. The van der Waals surface area contributed by atoms with E-state index in [0.717, 1.165) is 43.0 Å². The van der Waals surface area contributed by atoms with Crippen molar-refractivity contribution >= 4 is 28.9 Å². The molecule has 2 N–H and O–H groups in total. The highest BCUT2D eigenvalue weighted by molar-refractivity contribution is 6.03. The third kappa shape index (κ3) is 3.24. The predicted octanol–water partition coefficient (Wildman–Crippen LogP) is 2.57. The summed E-state index contributed by atoms with van der Waals surface area (Å²) in [6.07, 6.45) is 5.81. The maximum atomic E-state index is 14.5. The Morgan fingerprint density at radius 2 is 2.20 bits per heavy atom. The van der Waals surface area contributed by atoms with E-state index in [1.165, 1.54) is 6.07 Å². The van der Waals surface area contributed by atoms with Crippen LogP contribution < -0.4 is 20.4 Å². The molecule has 1 fully saturated rings. The van der Waals surface area contributed by atoms with Gasteiger partial charge >= 0.3 is 6.03 Å². The molecule has 3 aromatic heterocycles. The SMILES string of the molecule is Cc1cn2cc(NC(=O)N3CCc4c(N5CCN[C@@H](C)C5)ccnc43)c(F)cc2n1. The third-order valence-electron chi connectivity index (χ3n) is 5.71. The quantitative estimate of drug-likeness (QED) is 0.680. The number of fused-ring (bicyclic) bond motifs is 2. The summed E-state index contributed by atoms with van der Waals surface area (Å²) in [4.78, 5) is 25.6. The van der Waals surface area contributed by atoms with Crippen molar-refractivity contribution < 1.29 is 9.18 Å². The first-order valence-corrected chi connectivity index (χ1v) is 10.2. The van der Waals surface area contributed by atoms with Crippen LogP contribution in [0.25, 0.3) is 5.65 Å². The van der Waals surface area contributed by atoms with E-state index in [9.17, 15) is 9.18 Å². The summed E-state index contributed by atoms with van der Waals surface area (Å²) in [5.74, 6) is 0.133. The van der Waals surface area contributed by atoms with Crippen molar-refractivity contribution in [3.8, 4) is 0 Å². The fourth-order valence-electron chi connectivity index (χ4n) is 4.33. The number of carbonyl (C=O) groups is 1. The lowest BCUT2D eigenvalue weighted by atomic mass is 10.1. The topological polar surface area (TPSA) is 77.8 Å². The van der Waals surface area contributed by atoms with E-state index in [-0.39, 0.29) is 11.7 Å². The molecular formula is C21H24FN7O. The van der Waals surface area contributed by atoms with E-state index in [4.69, 9.17) is 0 Å². The predicted molar refractivity (Wildman–Crippen MR) is 114 cm³/mol. The number of pyridine rings is 2. The number of aromatic nitrogens is 3. The van der Waals surface area contributed by atoms with E-state index in [1.54, 1.807) is 27.9 Å². The highest BCUT2D eigenvalue weighted by Gasteiger charge is 2.31. The summed E-state index contributed by atoms with van der Waals surface area (Å²) >= 11 is 0. The van der Waals surface area contributed by atoms with Crippen molar-refractivity contribution in [2.45, 2.75) is 26.3 Å². The molecule has 2 aliphatic heterocycles. The number of aryl methyl sites for hydroxylation is 1. The third-order valence-corrected chi connectivity index (χ3v) is 5.71. The van der Waals surface area contributed by atoms with E-state index in [1.807, 2.05) is 13.0 Å². The minimum Gasteiger partial charge on any atom is -0.368 e. The molecule has 0 radical (unpaired) electrons. The van der Waals surface area contributed by atoms with E-state index < -0.39 is 5.82 Å². The largest absolute Gasteiger partial charge is 0.368 e. The Labute approximate surface area is 173 Å². The number of hydrogen-bond donors (Lipinski definition) is 2. The molecule has 3 aromatic rings. The Kier molecular flexibility index (Phi) is 4.54. The molecule has 2 aliphatic rings. The normalized spacial score (nSPS) is 18.7. The molecule has 1 atom stereocenters. The molecular weight excluding hydrogens is 385 g/mol. The van der Waals surface area contributed by atoms with Crippen LogP contribution in [0, 0.1) is 12.7 Å². The van der Waals surface area contributed by atoms with Gasteiger partial charge < -0.3 is 19.9 Å². The second-order valence-corrected chi connectivity index (χ2v) is 7.95. The van der Waals surface area contributed by atoms with Gasteiger partial charge in [0.25, 0.3) is 0 Å². The summed E-state index contributed by atoms with van der Waals surface area (Å²) in [7, 11) is 0. The molecule has 2 amide bonds. The molecule has 0 aliphatic carbocycles. The van der Waals surface area contributed by atoms with Gasteiger partial charge in [0.2, 0.25) is 0 Å². The monoisotopic (exact) mass is 409 g/mol. The zero-order chi connectivity index (χ0) is 20.8. The Balaban J connectivity index is 1.40. The lowest BCUT2D eigenvalue weighted by Crippen LogP contribution is -2.49. The van der Waals surface area contributed by atoms with Crippen LogP contribution in [0.15, 0.2) is 30.7 Å². The first-order valence-electron chi connectivity index (χ1n) is 10.2. The smallest absolute Gasteiger partial charge is 0.327 e. The number of carbonyl (C=O) groups excluding carboxylic acids is 1. The second kappa shape index (κ2) is 7.24. The van der Waals surface area contributed by atoms with E-state index >= 15 is 0 Å². The molecule has 0 bridgehead atoms. The summed E-state index contributed by atoms with van der Waals surface area (Å²) in [5, 5.41) is 6.15. The molecule has 0 saturated carbocycles. The molecule has 9 heteroatoms. The van der Waals surface area contributed by atoms with Gasteiger partial charge in [0.15, 0.2) is 5.82 Å². The molecule has 0 spiro atoms. The van der Waals surface area contributed by atoms with Gasteiger partial charge in [-0.15, -0.1) is 0 Å². The van der Waals surface area contributed by atoms with Gasteiger partial charge in [-0.3, -0.25) is 4.90 Å².